The molecule has 0 fully saturated rings. The molecule has 0 aliphatic carbocycles. The van der Waals surface area contributed by atoms with E-state index in [0.29, 0.717) is 0 Å². The summed E-state index contributed by atoms with van der Waals surface area (Å²) in [7, 11) is 0. The fourth-order valence-corrected chi connectivity index (χ4v) is 0. The summed E-state index contributed by atoms with van der Waals surface area (Å²) in [6.07, 6.45) is -2.46. The smallest absolute Gasteiger partial charge is 0.332 e. The number of rotatable bonds is 2. The van der Waals surface area contributed by atoms with Crippen molar-refractivity contribution >= 4 is 11.9 Å². The Kier molecular flexibility index (Phi) is 13.5. The fourth-order valence-electron chi connectivity index (χ4n) is 0. The maximum absolute atomic E-state index is 9.45. The third-order valence-corrected chi connectivity index (χ3v) is 0.715. The van der Waals surface area contributed by atoms with E-state index in [-0.39, 0.29) is 19.5 Å². The van der Waals surface area contributed by atoms with Crippen LogP contribution in [0.15, 0.2) is 0 Å². The quantitative estimate of drug-likeness (QED) is 0.478. The van der Waals surface area contributed by atoms with Crippen LogP contribution in [0.5, 0.6) is 0 Å². The van der Waals surface area contributed by atoms with E-state index in [0.717, 1.165) is 0 Å². The molecule has 2 unspecified atom stereocenters. The molecule has 0 aromatic heterocycles. The van der Waals surface area contributed by atoms with E-state index in [1.807, 2.05) is 0 Å². The largest absolute Gasteiger partial charge is 0.479 e. The molecule has 13 heavy (non-hydrogen) atoms. The van der Waals surface area contributed by atoms with Crippen LogP contribution in [-0.4, -0.2) is 44.6 Å². The summed E-state index contributed by atoms with van der Waals surface area (Å²) in [6, 6.07) is 0. The minimum absolute atomic E-state index is 0. The topological polar surface area (TPSA) is 115 Å². The van der Waals surface area contributed by atoms with Gasteiger partial charge in [-0.1, -0.05) is 0 Å². The van der Waals surface area contributed by atoms with Gasteiger partial charge in [0.1, 0.15) is 12.2 Å². The van der Waals surface area contributed by atoms with Gasteiger partial charge < -0.3 is 20.4 Å². The third kappa shape index (κ3) is 18.4. The van der Waals surface area contributed by atoms with E-state index in [9.17, 15) is 9.59 Å². The van der Waals surface area contributed by atoms with Crippen molar-refractivity contribution in [2.75, 3.05) is 0 Å². The maximum Gasteiger partial charge on any atom is 0.332 e. The maximum atomic E-state index is 9.45. The molecule has 6 nitrogen and oxygen atoms in total. The number of carbonyl (C=O) groups is 2. The minimum atomic E-state index is -1.23. The second kappa shape index (κ2) is 9.57. The second-order valence-electron chi connectivity index (χ2n) is 2.03. The Bertz CT molecular complexity index is 137. The Hall–Kier alpha value is -0.517. The summed E-state index contributed by atoms with van der Waals surface area (Å²) >= 11 is 0. The van der Waals surface area contributed by atoms with Gasteiger partial charge >= 0.3 is 11.9 Å². The molecule has 81 valence electrons. The average molecular weight is 283 g/mol. The molecule has 0 aromatic rings. The Morgan fingerprint density at radius 3 is 1.00 bits per heavy atom. The van der Waals surface area contributed by atoms with Crippen LogP contribution in [0, 0.1) is 0 Å². The van der Waals surface area contributed by atoms with E-state index < -0.39 is 24.1 Å². The molecule has 0 aliphatic rings. The van der Waals surface area contributed by atoms with E-state index in [2.05, 4.69) is 0 Å². The summed E-state index contributed by atoms with van der Waals surface area (Å²) in [4.78, 5) is 18.9. The van der Waals surface area contributed by atoms with Crippen molar-refractivity contribution in [3.05, 3.63) is 0 Å². The molecule has 4 N–H and O–H groups in total. The molecular weight excluding hydrogens is 271 g/mol. The van der Waals surface area contributed by atoms with Gasteiger partial charge in [0.05, 0.1) is 0 Å². The number of aliphatic hydroxyl groups is 2. The molecule has 0 saturated carbocycles. The number of hydrogen-bond donors (Lipinski definition) is 4. The van der Waals surface area contributed by atoms with Gasteiger partial charge in [0.25, 0.3) is 0 Å². The molecule has 0 heterocycles. The Labute approximate surface area is 88.0 Å². The first kappa shape index (κ1) is 18.3. The first-order valence-electron chi connectivity index (χ1n) is 3.10. The first-order chi connectivity index (χ1) is 5.29. The van der Waals surface area contributed by atoms with Crippen molar-refractivity contribution < 1.29 is 49.5 Å². The average Bonchev–Trinajstić information content (AvgIpc) is 1.88. The molecule has 0 aliphatic heterocycles. The predicted molar refractivity (Wildman–Crippen MR) is 38.6 cm³/mol. The van der Waals surface area contributed by atoms with Crippen LogP contribution in [0.2, 0.25) is 0 Å². The van der Waals surface area contributed by atoms with Gasteiger partial charge in [0.2, 0.25) is 0 Å². The Morgan fingerprint density at radius 2 is 1.00 bits per heavy atom. The molecular formula is C6H12O6Rh. The molecule has 0 spiro atoms. The van der Waals surface area contributed by atoms with Crippen LogP contribution in [-0.2, 0) is 29.1 Å². The SMILES string of the molecule is CC(O)C(=O)O.CC(O)C(=O)O.[Rh]. The van der Waals surface area contributed by atoms with Crippen molar-refractivity contribution in [3.63, 3.8) is 0 Å². The van der Waals surface area contributed by atoms with Crippen LogP contribution in [0.25, 0.3) is 0 Å². The van der Waals surface area contributed by atoms with Gasteiger partial charge in [-0.3, -0.25) is 0 Å². The molecule has 7 heteroatoms. The molecule has 1 radical (unpaired) electrons. The van der Waals surface area contributed by atoms with Gasteiger partial charge in [-0.25, -0.2) is 9.59 Å². The molecule has 2 atom stereocenters. The van der Waals surface area contributed by atoms with Crippen molar-refractivity contribution in [3.8, 4) is 0 Å². The number of carboxylic acids is 2. The number of carboxylic acid groups (broad SMARTS) is 2. The van der Waals surface area contributed by atoms with Crippen molar-refractivity contribution in [2.24, 2.45) is 0 Å². The minimum Gasteiger partial charge on any atom is -0.479 e. The monoisotopic (exact) mass is 283 g/mol. The van der Waals surface area contributed by atoms with Crippen LogP contribution >= 0.6 is 0 Å². The van der Waals surface area contributed by atoms with Crippen LogP contribution < -0.4 is 0 Å². The standard InChI is InChI=1S/2C3H6O3.Rh/c2*1-2(4)3(5)6;/h2*2,4H,1H3,(H,5,6);. The summed E-state index contributed by atoms with van der Waals surface area (Å²) in [5.41, 5.74) is 0. The fraction of sp³-hybridized carbons (Fsp3) is 0.667. The van der Waals surface area contributed by atoms with Crippen molar-refractivity contribution in [1.29, 1.82) is 0 Å². The van der Waals surface area contributed by atoms with Crippen LogP contribution in [0.4, 0.5) is 0 Å². The zero-order valence-electron chi connectivity index (χ0n) is 7.09. The summed E-state index contributed by atoms with van der Waals surface area (Å²) < 4.78 is 0. The van der Waals surface area contributed by atoms with E-state index in [4.69, 9.17) is 20.4 Å². The van der Waals surface area contributed by atoms with E-state index in [1.165, 1.54) is 13.8 Å². The zero-order chi connectivity index (χ0) is 10.3. The van der Waals surface area contributed by atoms with Crippen molar-refractivity contribution in [1.82, 2.24) is 0 Å². The number of aliphatic hydroxyl groups excluding tert-OH is 2. The van der Waals surface area contributed by atoms with Gasteiger partial charge in [0.15, 0.2) is 0 Å². The third-order valence-electron chi connectivity index (χ3n) is 0.715. The first-order valence-corrected chi connectivity index (χ1v) is 3.10. The Balaban J connectivity index is -0.000000143. The summed E-state index contributed by atoms with van der Waals surface area (Å²) in [5, 5.41) is 31.5. The van der Waals surface area contributed by atoms with Gasteiger partial charge in [-0.15, -0.1) is 0 Å². The normalized spacial score (nSPS) is 12.6. The van der Waals surface area contributed by atoms with Crippen LogP contribution in [0.3, 0.4) is 0 Å². The molecule has 0 aromatic carbocycles. The number of aliphatic carboxylic acids is 2. The Morgan fingerprint density at radius 1 is 0.923 bits per heavy atom. The van der Waals surface area contributed by atoms with Crippen LogP contribution in [0.1, 0.15) is 13.8 Å². The molecule has 0 rings (SSSR count). The second-order valence-corrected chi connectivity index (χ2v) is 2.03. The zero-order valence-corrected chi connectivity index (χ0v) is 8.73. The van der Waals surface area contributed by atoms with E-state index >= 15 is 0 Å². The molecule has 0 bridgehead atoms. The number of hydrogen-bond acceptors (Lipinski definition) is 4. The van der Waals surface area contributed by atoms with Gasteiger partial charge in [-0.05, 0) is 13.8 Å². The molecule has 0 saturated heterocycles. The van der Waals surface area contributed by atoms with E-state index in [1.54, 1.807) is 0 Å². The van der Waals surface area contributed by atoms with Gasteiger partial charge in [-0.2, -0.15) is 0 Å². The summed E-state index contributed by atoms with van der Waals surface area (Å²) in [5.74, 6) is -2.37. The predicted octanol–water partition coefficient (Wildman–Crippen LogP) is -1.10. The van der Waals surface area contributed by atoms with Gasteiger partial charge in [0, 0.05) is 19.5 Å². The van der Waals surface area contributed by atoms with Crippen molar-refractivity contribution in [2.45, 2.75) is 26.1 Å². The summed E-state index contributed by atoms with van der Waals surface area (Å²) in [6.45, 7) is 2.39. The molecule has 0 amide bonds.